The number of anilines is 1. The van der Waals surface area contributed by atoms with E-state index in [0.717, 1.165) is 49.6 Å². The number of aromatic nitrogens is 5. The zero-order valence-corrected chi connectivity index (χ0v) is 25.0. The van der Waals surface area contributed by atoms with Crippen LogP contribution in [0.5, 0.6) is 5.19 Å². The third kappa shape index (κ3) is 6.98. The van der Waals surface area contributed by atoms with Gasteiger partial charge in [0.05, 0.1) is 11.9 Å². The first kappa shape index (κ1) is 28.6. The van der Waals surface area contributed by atoms with Gasteiger partial charge in [0.1, 0.15) is 11.9 Å². The minimum atomic E-state index is -0.277. The van der Waals surface area contributed by atoms with E-state index < -0.39 is 0 Å². The van der Waals surface area contributed by atoms with Crippen molar-refractivity contribution in [3.8, 4) is 16.5 Å². The predicted octanol–water partition coefficient (Wildman–Crippen LogP) is 6.72. The lowest BCUT2D eigenvalue weighted by atomic mass is 9.92. The molecule has 1 aromatic carbocycles. The zero-order valence-electron chi connectivity index (χ0n) is 22.6. The van der Waals surface area contributed by atoms with Crippen LogP contribution in [0.25, 0.3) is 16.2 Å². The molecule has 1 aliphatic rings. The van der Waals surface area contributed by atoms with Crippen molar-refractivity contribution in [1.82, 2.24) is 24.6 Å². The summed E-state index contributed by atoms with van der Waals surface area (Å²) in [5.74, 6) is 0.969. The molecule has 0 spiro atoms. The quantitative estimate of drug-likeness (QED) is 0.215. The van der Waals surface area contributed by atoms with Crippen LogP contribution in [0, 0.1) is 11.7 Å². The molecule has 0 amide bonds. The standard InChI is InChI=1S/C25H29FN6OS2.C2H6S/c1-4-5-17-13-27-23(28-14-17)31-10-8-18(9-11-31)16(2)33-25-30-32-15-22(29-24(32)35-25)20-7-6-19(34-3)12-21(20)26;1-3-2/h6-7,12-16,18H,4-5,8-11H2,1-3H3;1-2H3/t16-;/m0./s1. The van der Waals surface area contributed by atoms with Crippen LogP contribution in [-0.2, 0) is 6.42 Å². The number of fused-ring (bicyclic) bond motifs is 1. The second kappa shape index (κ2) is 13.6. The fourth-order valence-corrected chi connectivity index (χ4v) is 5.68. The Hall–Kier alpha value is -2.37. The molecule has 0 aliphatic carbocycles. The van der Waals surface area contributed by atoms with Gasteiger partial charge in [-0.15, -0.1) is 16.9 Å². The van der Waals surface area contributed by atoms with Gasteiger partial charge in [-0.05, 0) is 86.0 Å². The average molecular weight is 575 g/mol. The summed E-state index contributed by atoms with van der Waals surface area (Å²) >= 11 is 4.65. The molecule has 0 radical (unpaired) electrons. The maximum absolute atomic E-state index is 14.5. The molecule has 1 atom stereocenters. The molecule has 4 heterocycles. The Labute approximate surface area is 236 Å². The number of hydrogen-bond donors (Lipinski definition) is 0. The first-order chi connectivity index (χ1) is 18.4. The maximum Gasteiger partial charge on any atom is 0.294 e. The molecule has 1 saturated heterocycles. The molecular weight excluding hydrogens is 540 g/mol. The molecule has 1 fully saturated rings. The Morgan fingerprint density at radius 3 is 2.47 bits per heavy atom. The fourth-order valence-electron chi connectivity index (χ4n) is 4.44. The second-order valence-corrected chi connectivity index (χ2v) is 11.9. The Morgan fingerprint density at radius 1 is 1.16 bits per heavy atom. The molecular formula is C27H35FN6OS3. The number of piperidine rings is 1. The van der Waals surface area contributed by atoms with E-state index in [1.165, 1.54) is 34.7 Å². The van der Waals surface area contributed by atoms with Gasteiger partial charge in [-0.2, -0.15) is 11.8 Å². The minimum Gasteiger partial charge on any atom is -0.466 e. The monoisotopic (exact) mass is 574 g/mol. The third-order valence-electron chi connectivity index (χ3n) is 6.48. The van der Waals surface area contributed by atoms with Crippen molar-refractivity contribution in [3.63, 3.8) is 0 Å². The van der Waals surface area contributed by atoms with Crippen LogP contribution in [-0.4, -0.2) is 62.5 Å². The van der Waals surface area contributed by atoms with Crippen LogP contribution in [0.3, 0.4) is 0 Å². The second-order valence-electron chi connectivity index (χ2n) is 9.26. The molecule has 0 N–H and O–H groups in total. The molecule has 0 bridgehead atoms. The zero-order chi connectivity index (χ0) is 27.1. The number of ether oxygens (including phenoxy) is 1. The molecule has 11 heteroatoms. The van der Waals surface area contributed by atoms with Gasteiger partial charge in [-0.25, -0.2) is 23.9 Å². The van der Waals surface area contributed by atoms with E-state index in [-0.39, 0.29) is 11.9 Å². The summed E-state index contributed by atoms with van der Waals surface area (Å²) in [6.45, 7) is 6.10. The molecule has 38 heavy (non-hydrogen) atoms. The van der Waals surface area contributed by atoms with E-state index in [1.807, 2.05) is 37.2 Å². The first-order valence-corrected chi connectivity index (χ1v) is 16.5. The Bertz CT molecular complexity index is 1270. The highest BCUT2D eigenvalue weighted by Gasteiger charge is 2.27. The Kier molecular flexibility index (Phi) is 10.3. The van der Waals surface area contributed by atoms with Gasteiger partial charge < -0.3 is 9.64 Å². The summed E-state index contributed by atoms with van der Waals surface area (Å²) in [7, 11) is 0. The highest BCUT2D eigenvalue weighted by atomic mass is 32.2. The topological polar surface area (TPSA) is 68.4 Å². The normalized spacial score (nSPS) is 14.8. The van der Waals surface area contributed by atoms with E-state index in [0.29, 0.717) is 27.3 Å². The van der Waals surface area contributed by atoms with E-state index in [4.69, 9.17) is 4.74 Å². The number of rotatable bonds is 8. The summed E-state index contributed by atoms with van der Waals surface area (Å²) in [6.07, 6.45) is 15.8. The highest BCUT2D eigenvalue weighted by Crippen LogP contribution is 2.31. The predicted molar refractivity (Wildman–Crippen MR) is 159 cm³/mol. The first-order valence-electron chi connectivity index (χ1n) is 12.8. The number of imidazole rings is 1. The molecule has 0 unspecified atom stereocenters. The van der Waals surface area contributed by atoms with Crippen molar-refractivity contribution in [2.24, 2.45) is 5.92 Å². The van der Waals surface area contributed by atoms with Crippen molar-refractivity contribution in [2.75, 3.05) is 36.8 Å². The summed E-state index contributed by atoms with van der Waals surface area (Å²) in [4.78, 5) is 17.5. The smallest absolute Gasteiger partial charge is 0.294 e. The maximum atomic E-state index is 14.5. The number of aryl methyl sites for hydroxylation is 1. The number of hydrogen-bond acceptors (Lipinski definition) is 9. The minimum absolute atomic E-state index is 0.0388. The number of nitrogens with zero attached hydrogens (tertiary/aromatic N) is 6. The van der Waals surface area contributed by atoms with Gasteiger partial charge in [0.15, 0.2) is 0 Å². The third-order valence-corrected chi connectivity index (χ3v) is 8.02. The number of halogens is 1. The molecule has 5 rings (SSSR count). The van der Waals surface area contributed by atoms with E-state index in [2.05, 4.69) is 38.8 Å². The van der Waals surface area contributed by atoms with Gasteiger partial charge >= 0.3 is 0 Å². The van der Waals surface area contributed by atoms with Crippen LogP contribution >= 0.6 is 34.9 Å². The lowest BCUT2D eigenvalue weighted by molar-refractivity contribution is 0.131. The van der Waals surface area contributed by atoms with Crippen molar-refractivity contribution in [2.45, 2.75) is 50.5 Å². The lowest BCUT2D eigenvalue weighted by Crippen LogP contribution is -2.39. The van der Waals surface area contributed by atoms with Crippen molar-refractivity contribution < 1.29 is 9.13 Å². The fraction of sp³-hybridized carbons (Fsp3) is 0.481. The molecule has 4 aromatic rings. The Balaban J connectivity index is 0.00000107. The molecule has 1 aliphatic heterocycles. The van der Waals surface area contributed by atoms with Gasteiger partial charge in [0.25, 0.3) is 5.19 Å². The van der Waals surface area contributed by atoms with Gasteiger partial charge in [-0.1, -0.05) is 13.3 Å². The van der Waals surface area contributed by atoms with Crippen LogP contribution < -0.4 is 9.64 Å². The average Bonchev–Trinajstić information content (AvgIpc) is 3.48. The van der Waals surface area contributed by atoms with Gasteiger partial charge in [0.2, 0.25) is 10.9 Å². The molecule has 7 nitrogen and oxygen atoms in total. The van der Waals surface area contributed by atoms with Crippen LogP contribution in [0.1, 0.15) is 38.7 Å². The van der Waals surface area contributed by atoms with Crippen LogP contribution in [0.4, 0.5) is 10.3 Å². The van der Waals surface area contributed by atoms with Crippen molar-refractivity contribution >= 4 is 45.8 Å². The summed E-state index contributed by atoms with van der Waals surface area (Å²) < 4.78 is 22.4. The van der Waals surface area contributed by atoms with Crippen molar-refractivity contribution in [3.05, 3.63) is 48.2 Å². The van der Waals surface area contributed by atoms with Crippen molar-refractivity contribution in [1.29, 1.82) is 0 Å². The summed E-state index contributed by atoms with van der Waals surface area (Å²) in [5.41, 5.74) is 2.24. The van der Waals surface area contributed by atoms with E-state index >= 15 is 0 Å². The molecule has 3 aromatic heterocycles. The summed E-state index contributed by atoms with van der Waals surface area (Å²) in [6, 6.07) is 5.21. The van der Waals surface area contributed by atoms with Gasteiger partial charge in [0, 0.05) is 35.9 Å². The molecule has 204 valence electrons. The largest absolute Gasteiger partial charge is 0.466 e. The van der Waals surface area contributed by atoms with Crippen LogP contribution in [0.2, 0.25) is 0 Å². The summed E-state index contributed by atoms with van der Waals surface area (Å²) in [5, 5.41) is 5.12. The van der Waals surface area contributed by atoms with Crippen LogP contribution in [0.15, 0.2) is 41.7 Å². The number of benzene rings is 1. The lowest BCUT2D eigenvalue weighted by Gasteiger charge is -2.34. The SMILES string of the molecule is CCCc1cnc(N2CCC([C@H](C)Oc3nn4cc(-c5ccc(SC)cc5F)nc4s3)CC2)nc1.CSC. The highest BCUT2D eigenvalue weighted by molar-refractivity contribution is 7.98. The number of thioether (sulfide) groups is 2. The molecule has 0 saturated carbocycles. The van der Waals surface area contributed by atoms with E-state index in [1.54, 1.807) is 28.5 Å². The Morgan fingerprint density at radius 2 is 1.87 bits per heavy atom. The van der Waals surface area contributed by atoms with E-state index in [9.17, 15) is 4.39 Å². The van der Waals surface area contributed by atoms with Gasteiger partial charge in [-0.3, -0.25) is 0 Å².